The second-order valence-corrected chi connectivity index (χ2v) is 5.81. The second-order valence-electron chi connectivity index (χ2n) is 5.81. The number of likely N-dealkylation sites (N-methyl/N-ethyl adjacent to an activating group) is 1. The van der Waals surface area contributed by atoms with E-state index in [0.717, 1.165) is 31.6 Å². The summed E-state index contributed by atoms with van der Waals surface area (Å²) in [6.45, 7) is 7.42. The van der Waals surface area contributed by atoms with Gasteiger partial charge in [-0.3, -0.25) is 0 Å². The highest BCUT2D eigenvalue weighted by molar-refractivity contribution is 5.28. The van der Waals surface area contributed by atoms with Crippen molar-refractivity contribution in [3.63, 3.8) is 0 Å². The van der Waals surface area contributed by atoms with Crippen LogP contribution in [0.3, 0.4) is 0 Å². The highest BCUT2D eigenvalue weighted by atomic mass is 16.5. The molecular formula is C17H29NO2. The highest BCUT2D eigenvalue weighted by Gasteiger charge is 2.19. The van der Waals surface area contributed by atoms with E-state index in [1.165, 1.54) is 5.56 Å². The molecule has 3 nitrogen and oxygen atoms in total. The van der Waals surface area contributed by atoms with Gasteiger partial charge in [0.25, 0.3) is 0 Å². The van der Waals surface area contributed by atoms with E-state index in [2.05, 4.69) is 44.3 Å². The maximum absolute atomic E-state index is 5.51. The molecule has 0 bridgehead atoms. The van der Waals surface area contributed by atoms with E-state index in [4.69, 9.17) is 9.47 Å². The van der Waals surface area contributed by atoms with E-state index in [9.17, 15) is 0 Å². The summed E-state index contributed by atoms with van der Waals surface area (Å²) in [5.41, 5.74) is 1.26. The molecule has 0 aliphatic rings. The predicted molar refractivity (Wildman–Crippen MR) is 84.5 cm³/mol. The summed E-state index contributed by atoms with van der Waals surface area (Å²) in [7, 11) is 3.49. The fourth-order valence-electron chi connectivity index (χ4n) is 2.27. The van der Waals surface area contributed by atoms with Crippen LogP contribution in [0.1, 0.15) is 39.2 Å². The second kappa shape index (κ2) is 8.28. The van der Waals surface area contributed by atoms with Gasteiger partial charge in [-0.05, 0) is 57.4 Å². The van der Waals surface area contributed by atoms with Gasteiger partial charge in [-0.2, -0.15) is 0 Å². The van der Waals surface area contributed by atoms with Crippen molar-refractivity contribution in [2.24, 2.45) is 0 Å². The van der Waals surface area contributed by atoms with Gasteiger partial charge >= 0.3 is 0 Å². The molecule has 0 amide bonds. The van der Waals surface area contributed by atoms with Gasteiger partial charge in [0.1, 0.15) is 5.75 Å². The molecule has 0 radical (unpaired) electrons. The Bertz CT molecular complexity index is 390. The van der Waals surface area contributed by atoms with E-state index in [1.54, 1.807) is 14.2 Å². The van der Waals surface area contributed by atoms with Gasteiger partial charge in [0.05, 0.1) is 12.7 Å². The van der Waals surface area contributed by atoms with Crippen molar-refractivity contribution in [3.8, 4) is 5.75 Å². The van der Waals surface area contributed by atoms with Crippen LogP contribution < -0.4 is 10.1 Å². The fraction of sp³-hybridized carbons (Fsp3) is 0.647. The van der Waals surface area contributed by atoms with Gasteiger partial charge < -0.3 is 14.8 Å². The molecule has 1 atom stereocenters. The number of hydrogen-bond acceptors (Lipinski definition) is 3. The van der Waals surface area contributed by atoms with Gasteiger partial charge in [-0.25, -0.2) is 0 Å². The van der Waals surface area contributed by atoms with Crippen molar-refractivity contribution in [2.45, 2.75) is 51.7 Å². The van der Waals surface area contributed by atoms with Crippen LogP contribution in [0.4, 0.5) is 0 Å². The number of methoxy groups -OCH3 is 2. The number of hydrogen-bond donors (Lipinski definition) is 1. The van der Waals surface area contributed by atoms with E-state index in [1.807, 2.05) is 6.07 Å². The molecule has 0 spiro atoms. The molecule has 0 aliphatic carbocycles. The van der Waals surface area contributed by atoms with Crippen molar-refractivity contribution in [3.05, 3.63) is 29.8 Å². The lowest BCUT2D eigenvalue weighted by Gasteiger charge is -2.26. The van der Waals surface area contributed by atoms with Crippen molar-refractivity contribution in [1.82, 2.24) is 5.32 Å². The lowest BCUT2D eigenvalue weighted by molar-refractivity contribution is 0.0117. The summed E-state index contributed by atoms with van der Waals surface area (Å²) in [6.07, 6.45) is 3.17. The van der Waals surface area contributed by atoms with Crippen LogP contribution in [-0.4, -0.2) is 32.4 Å². The first-order valence-corrected chi connectivity index (χ1v) is 7.42. The van der Waals surface area contributed by atoms with Gasteiger partial charge in [0.2, 0.25) is 0 Å². The highest BCUT2D eigenvalue weighted by Crippen LogP contribution is 2.20. The Kier molecular flexibility index (Phi) is 7.03. The van der Waals surface area contributed by atoms with Crippen LogP contribution in [0.15, 0.2) is 24.3 Å². The SMILES string of the molecule is CCNC(CCC(C)(C)OC)Cc1cccc(OC)c1. The zero-order valence-corrected chi connectivity index (χ0v) is 13.5. The predicted octanol–water partition coefficient (Wildman–Crippen LogP) is 3.42. The average Bonchev–Trinajstić information content (AvgIpc) is 2.45. The molecular weight excluding hydrogens is 250 g/mol. The molecule has 0 saturated carbocycles. The summed E-state index contributed by atoms with van der Waals surface area (Å²) in [4.78, 5) is 0. The summed E-state index contributed by atoms with van der Waals surface area (Å²) in [5, 5.41) is 3.57. The van der Waals surface area contributed by atoms with Gasteiger partial charge in [0.15, 0.2) is 0 Å². The third-order valence-electron chi connectivity index (χ3n) is 3.76. The smallest absolute Gasteiger partial charge is 0.119 e. The Hall–Kier alpha value is -1.06. The summed E-state index contributed by atoms with van der Waals surface area (Å²) in [5.74, 6) is 0.926. The minimum Gasteiger partial charge on any atom is -0.497 e. The first kappa shape index (κ1) is 17.0. The van der Waals surface area contributed by atoms with Crippen molar-refractivity contribution in [1.29, 1.82) is 0 Å². The standard InChI is InChI=1S/C17H29NO2/c1-6-18-15(10-11-17(2,3)20-5)12-14-8-7-9-16(13-14)19-4/h7-9,13,15,18H,6,10-12H2,1-5H3. The van der Waals surface area contributed by atoms with E-state index >= 15 is 0 Å². The molecule has 3 heteroatoms. The van der Waals surface area contributed by atoms with Crippen LogP contribution in [0.25, 0.3) is 0 Å². The molecule has 1 aromatic rings. The molecule has 0 fully saturated rings. The Morgan fingerprint density at radius 2 is 2.00 bits per heavy atom. The fourth-order valence-corrected chi connectivity index (χ4v) is 2.27. The summed E-state index contributed by atoms with van der Waals surface area (Å²) in [6, 6.07) is 8.79. The minimum atomic E-state index is -0.0535. The number of rotatable bonds is 9. The monoisotopic (exact) mass is 279 g/mol. The van der Waals surface area contributed by atoms with E-state index < -0.39 is 0 Å². The number of ether oxygens (including phenoxy) is 2. The van der Waals surface area contributed by atoms with Crippen LogP contribution in [-0.2, 0) is 11.2 Å². The number of nitrogens with one attached hydrogen (secondary N) is 1. The van der Waals surface area contributed by atoms with Crippen molar-refractivity contribution in [2.75, 3.05) is 20.8 Å². The van der Waals surface area contributed by atoms with Gasteiger partial charge in [-0.1, -0.05) is 19.1 Å². The van der Waals surface area contributed by atoms with Crippen LogP contribution in [0.2, 0.25) is 0 Å². The lowest BCUT2D eigenvalue weighted by atomic mass is 9.95. The topological polar surface area (TPSA) is 30.5 Å². The summed E-state index contributed by atoms with van der Waals surface area (Å²) >= 11 is 0. The van der Waals surface area contributed by atoms with Crippen LogP contribution in [0, 0.1) is 0 Å². The van der Waals surface area contributed by atoms with Crippen molar-refractivity contribution >= 4 is 0 Å². The molecule has 1 N–H and O–H groups in total. The quantitative estimate of drug-likeness (QED) is 0.751. The maximum atomic E-state index is 5.51. The molecule has 1 rings (SSSR count). The molecule has 114 valence electrons. The number of benzene rings is 1. The van der Waals surface area contributed by atoms with Crippen molar-refractivity contribution < 1.29 is 9.47 Å². The van der Waals surface area contributed by atoms with E-state index in [0.29, 0.717) is 6.04 Å². The molecule has 20 heavy (non-hydrogen) atoms. The lowest BCUT2D eigenvalue weighted by Crippen LogP contribution is -2.34. The summed E-state index contributed by atoms with van der Waals surface area (Å²) < 4.78 is 10.8. The largest absolute Gasteiger partial charge is 0.497 e. The normalized spacial score (nSPS) is 13.2. The molecule has 0 aliphatic heterocycles. The Morgan fingerprint density at radius 1 is 1.25 bits per heavy atom. The maximum Gasteiger partial charge on any atom is 0.119 e. The molecule has 0 saturated heterocycles. The Morgan fingerprint density at radius 3 is 2.60 bits per heavy atom. The molecule has 0 aromatic heterocycles. The molecule has 0 heterocycles. The first-order chi connectivity index (χ1) is 9.50. The first-order valence-electron chi connectivity index (χ1n) is 7.42. The zero-order chi connectivity index (χ0) is 15.0. The zero-order valence-electron chi connectivity index (χ0n) is 13.5. The average molecular weight is 279 g/mol. The Balaban J connectivity index is 2.61. The third kappa shape index (κ3) is 5.93. The molecule has 1 unspecified atom stereocenters. The Labute approximate surface area is 123 Å². The minimum absolute atomic E-state index is 0.0535. The van der Waals surface area contributed by atoms with Gasteiger partial charge in [0, 0.05) is 13.2 Å². The molecule has 1 aromatic carbocycles. The van der Waals surface area contributed by atoms with E-state index in [-0.39, 0.29) is 5.60 Å². The van der Waals surface area contributed by atoms with Gasteiger partial charge in [-0.15, -0.1) is 0 Å². The van der Waals surface area contributed by atoms with Crippen LogP contribution in [0.5, 0.6) is 5.75 Å². The third-order valence-corrected chi connectivity index (χ3v) is 3.76. The van der Waals surface area contributed by atoms with Crippen LogP contribution >= 0.6 is 0 Å².